The van der Waals surface area contributed by atoms with Gasteiger partial charge in [-0.15, -0.1) is 0 Å². The highest BCUT2D eigenvalue weighted by Crippen LogP contribution is 2.45. The van der Waals surface area contributed by atoms with Crippen LogP contribution in [0.3, 0.4) is 0 Å². The maximum atomic E-state index is 5.79. The van der Waals surface area contributed by atoms with Gasteiger partial charge in [0.15, 0.2) is 11.2 Å². The maximum Gasteiger partial charge on any atom is 0.295 e. The average molecular weight is 345 g/mol. The number of anilines is 1. The molecule has 6 rings (SSSR count). The van der Waals surface area contributed by atoms with Crippen LogP contribution < -0.4 is 5.32 Å². The summed E-state index contributed by atoms with van der Waals surface area (Å²) in [6.45, 7) is 0. The van der Waals surface area contributed by atoms with Gasteiger partial charge >= 0.3 is 0 Å². The molecule has 3 aromatic heterocycles. The first-order chi connectivity index (χ1) is 12.8. The summed E-state index contributed by atoms with van der Waals surface area (Å²) in [7, 11) is 0. The first-order valence-corrected chi connectivity index (χ1v) is 9.30. The lowest BCUT2D eigenvalue weighted by molar-refractivity contribution is 0.278. The molecule has 3 heterocycles. The van der Waals surface area contributed by atoms with Crippen LogP contribution in [0, 0.1) is 0 Å². The van der Waals surface area contributed by atoms with E-state index in [2.05, 4.69) is 25.9 Å². The third kappa shape index (κ3) is 2.21. The van der Waals surface area contributed by atoms with E-state index in [0.29, 0.717) is 24.0 Å². The summed E-state index contributed by atoms with van der Waals surface area (Å²) < 4.78 is 8.17. The van der Waals surface area contributed by atoms with Gasteiger partial charge in [0.2, 0.25) is 0 Å². The van der Waals surface area contributed by atoms with E-state index in [1.165, 1.54) is 18.7 Å². The van der Waals surface area contributed by atoms with Gasteiger partial charge in [-0.2, -0.15) is 4.98 Å². The zero-order valence-electron chi connectivity index (χ0n) is 14.3. The second-order valence-corrected chi connectivity index (χ2v) is 7.41. The van der Waals surface area contributed by atoms with Gasteiger partial charge in [-0.05, 0) is 49.9 Å². The molecule has 4 aromatic rings. The van der Waals surface area contributed by atoms with Crippen LogP contribution in [0.5, 0.6) is 0 Å². The Morgan fingerprint density at radius 2 is 1.85 bits per heavy atom. The highest BCUT2D eigenvalue weighted by molar-refractivity contribution is 5.74. The van der Waals surface area contributed by atoms with Gasteiger partial charge in [0.05, 0.1) is 0 Å². The smallest absolute Gasteiger partial charge is 0.295 e. The molecule has 2 saturated carbocycles. The van der Waals surface area contributed by atoms with Crippen molar-refractivity contribution in [3.63, 3.8) is 0 Å². The van der Waals surface area contributed by atoms with Crippen molar-refractivity contribution in [1.29, 1.82) is 0 Å². The van der Waals surface area contributed by atoms with Crippen molar-refractivity contribution in [1.82, 2.24) is 19.5 Å². The Balaban J connectivity index is 1.24. The van der Waals surface area contributed by atoms with Crippen LogP contribution in [0.1, 0.15) is 43.5 Å². The van der Waals surface area contributed by atoms with Gasteiger partial charge in [-0.1, -0.05) is 12.1 Å². The molecule has 26 heavy (non-hydrogen) atoms. The molecule has 2 fully saturated rings. The Bertz CT molecular complexity index is 1070. The standard InChI is InChI=1S/C20H19N5O/c1-2-6-17-15(4-1)24-20(26-17)22-13-10-14(11-13)25-18(12-7-8-12)23-16-5-3-9-21-19(16)25/h1-6,9,12-14H,7-8,10-11H2,(H,22,24)/t13-,14-. The summed E-state index contributed by atoms with van der Waals surface area (Å²) >= 11 is 0. The topological polar surface area (TPSA) is 68.8 Å². The third-order valence-corrected chi connectivity index (χ3v) is 5.52. The molecule has 130 valence electrons. The number of hydrogen-bond donors (Lipinski definition) is 1. The molecule has 0 bridgehead atoms. The zero-order valence-corrected chi connectivity index (χ0v) is 14.3. The van der Waals surface area contributed by atoms with Gasteiger partial charge in [0, 0.05) is 24.2 Å². The molecule has 0 amide bonds. The number of benzene rings is 1. The molecule has 2 aliphatic carbocycles. The second kappa shape index (κ2) is 5.30. The average Bonchev–Trinajstić information content (AvgIpc) is 3.28. The Hall–Kier alpha value is -2.89. The van der Waals surface area contributed by atoms with E-state index in [1.807, 2.05) is 36.5 Å². The Labute approximate surface area is 150 Å². The van der Waals surface area contributed by atoms with Crippen LogP contribution in [0.2, 0.25) is 0 Å². The first-order valence-electron chi connectivity index (χ1n) is 9.30. The fraction of sp³-hybridized carbons (Fsp3) is 0.350. The number of nitrogens with zero attached hydrogens (tertiary/aromatic N) is 4. The van der Waals surface area contributed by atoms with Gasteiger partial charge in [0.1, 0.15) is 16.9 Å². The lowest BCUT2D eigenvalue weighted by atomic mass is 9.86. The minimum Gasteiger partial charge on any atom is -0.424 e. The molecule has 0 aliphatic heterocycles. The van der Waals surface area contributed by atoms with E-state index in [0.717, 1.165) is 35.1 Å². The van der Waals surface area contributed by atoms with Crippen LogP contribution in [0.25, 0.3) is 22.3 Å². The van der Waals surface area contributed by atoms with E-state index >= 15 is 0 Å². The number of fused-ring (bicyclic) bond motifs is 2. The molecule has 0 radical (unpaired) electrons. The van der Waals surface area contributed by atoms with Crippen LogP contribution in [0.4, 0.5) is 6.01 Å². The molecule has 0 unspecified atom stereocenters. The minimum atomic E-state index is 0.376. The van der Waals surface area contributed by atoms with Crippen LogP contribution in [-0.4, -0.2) is 25.6 Å². The number of pyridine rings is 1. The third-order valence-electron chi connectivity index (χ3n) is 5.52. The summed E-state index contributed by atoms with van der Waals surface area (Å²) in [4.78, 5) is 14.0. The largest absolute Gasteiger partial charge is 0.424 e. The molecule has 2 aliphatic rings. The van der Waals surface area contributed by atoms with Crippen molar-refractivity contribution >= 4 is 28.3 Å². The SMILES string of the molecule is c1ccc2oc(N[C@H]3C[C@H](n4c(C5CC5)nc5cccnc54)C3)nc2c1. The Morgan fingerprint density at radius 3 is 2.69 bits per heavy atom. The first kappa shape index (κ1) is 14.3. The molecule has 0 saturated heterocycles. The normalized spacial score (nSPS) is 22.6. The molecular formula is C20H19N5O. The van der Waals surface area contributed by atoms with E-state index in [-0.39, 0.29) is 0 Å². The van der Waals surface area contributed by atoms with Gasteiger partial charge in [-0.25, -0.2) is 9.97 Å². The van der Waals surface area contributed by atoms with Crippen LogP contribution in [0.15, 0.2) is 47.0 Å². The van der Waals surface area contributed by atoms with Crippen molar-refractivity contribution in [2.24, 2.45) is 0 Å². The lowest BCUT2D eigenvalue weighted by Crippen LogP contribution is -2.37. The summed E-state index contributed by atoms with van der Waals surface area (Å²) in [5.41, 5.74) is 3.77. The fourth-order valence-electron chi connectivity index (χ4n) is 3.96. The number of rotatable bonds is 4. The molecule has 6 heteroatoms. The predicted octanol–water partition coefficient (Wildman–Crippen LogP) is 4.27. The number of aromatic nitrogens is 4. The number of nitrogens with one attached hydrogen (secondary N) is 1. The molecular weight excluding hydrogens is 326 g/mol. The molecule has 0 spiro atoms. The summed E-state index contributed by atoms with van der Waals surface area (Å²) in [5, 5.41) is 3.44. The minimum absolute atomic E-state index is 0.376. The van der Waals surface area contributed by atoms with Crippen LogP contribution in [-0.2, 0) is 0 Å². The molecule has 6 nitrogen and oxygen atoms in total. The van der Waals surface area contributed by atoms with Crippen molar-refractivity contribution < 1.29 is 4.42 Å². The number of oxazole rings is 1. The van der Waals surface area contributed by atoms with Crippen LogP contribution >= 0.6 is 0 Å². The fourth-order valence-corrected chi connectivity index (χ4v) is 3.96. The van der Waals surface area contributed by atoms with Crippen molar-refractivity contribution in [3.8, 4) is 0 Å². The highest BCUT2D eigenvalue weighted by Gasteiger charge is 2.38. The van der Waals surface area contributed by atoms with E-state index in [9.17, 15) is 0 Å². The van der Waals surface area contributed by atoms with Crippen molar-refractivity contribution in [2.75, 3.05) is 5.32 Å². The monoisotopic (exact) mass is 345 g/mol. The number of para-hydroxylation sites is 2. The predicted molar refractivity (Wildman–Crippen MR) is 99.2 cm³/mol. The second-order valence-electron chi connectivity index (χ2n) is 7.41. The van der Waals surface area contributed by atoms with Gasteiger partial charge in [-0.3, -0.25) is 0 Å². The summed E-state index contributed by atoms with van der Waals surface area (Å²) in [6, 6.07) is 13.3. The Morgan fingerprint density at radius 1 is 1.00 bits per heavy atom. The van der Waals surface area contributed by atoms with E-state index < -0.39 is 0 Å². The summed E-state index contributed by atoms with van der Waals surface area (Å²) in [5.74, 6) is 1.84. The summed E-state index contributed by atoms with van der Waals surface area (Å²) in [6.07, 6.45) is 6.45. The lowest BCUT2D eigenvalue weighted by Gasteiger charge is -2.37. The zero-order chi connectivity index (χ0) is 17.1. The van der Waals surface area contributed by atoms with Crippen molar-refractivity contribution in [2.45, 2.75) is 43.7 Å². The Kier molecular flexibility index (Phi) is 2.92. The number of hydrogen-bond acceptors (Lipinski definition) is 5. The van der Waals surface area contributed by atoms with Crippen molar-refractivity contribution in [3.05, 3.63) is 48.4 Å². The molecule has 1 aromatic carbocycles. The van der Waals surface area contributed by atoms with Gasteiger partial charge < -0.3 is 14.3 Å². The van der Waals surface area contributed by atoms with Gasteiger partial charge in [0.25, 0.3) is 6.01 Å². The molecule has 1 N–H and O–H groups in total. The van der Waals surface area contributed by atoms with E-state index in [4.69, 9.17) is 9.40 Å². The maximum absolute atomic E-state index is 5.79. The molecule has 0 atom stereocenters. The number of imidazole rings is 1. The quantitative estimate of drug-likeness (QED) is 0.598. The van der Waals surface area contributed by atoms with E-state index in [1.54, 1.807) is 0 Å². The highest BCUT2D eigenvalue weighted by atomic mass is 16.4.